The Morgan fingerprint density at radius 1 is 1.29 bits per heavy atom. The lowest BCUT2D eigenvalue weighted by Crippen LogP contribution is -2.50. The third kappa shape index (κ3) is 2.50. The van der Waals surface area contributed by atoms with Crippen LogP contribution in [-0.2, 0) is 4.79 Å². The number of hydrogen-bond donors (Lipinski definition) is 3. The van der Waals surface area contributed by atoms with E-state index in [1.807, 2.05) is 0 Å². The number of carbonyl (C=O) groups is 1. The Bertz CT molecular complexity index is 547. The van der Waals surface area contributed by atoms with Crippen molar-refractivity contribution in [3.63, 3.8) is 0 Å². The van der Waals surface area contributed by atoms with Gasteiger partial charge in [0, 0.05) is 10.8 Å². The van der Waals surface area contributed by atoms with Gasteiger partial charge in [-0.25, -0.2) is 0 Å². The molecule has 3 rings (SSSR count). The van der Waals surface area contributed by atoms with E-state index in [9.17, 15) is 20.1 Å². The van der Waals surface area contributed by atoms with E-state index < -0.39 is 11.5 Å². The SMILES string of the molecule is CC1C([C@@]2(CO)CC[C@H](O)C/C2=C/O)CC[C@]2(C)C(=O)[C@H](Br)CC12. The van der Waals surface area contributed by atoms with Crippen LogP contribution in [0.4, 0.5) is 0 Å². The molecule has 5 heteroatoms. The number of halogens is 1. The maximum Gasteiger partial charge on any atom is 0.152 e. The van der Waals surface area contributed by atoms with Gasteiger partial charge in [0.1, 0.15) is 0 Å². The first-order valence-corrected chi connectivity index (χ1v) is 10.0. The van der Waals surface area contributed by atoms with Crippen molar-refractivity contribution in [2.24, 2.45) is 28.6 Å². The number of hydrogen-bond acceptors (Lipinski definition) is 4. The van der Waals surface area contributed by atoms with Crippen LogP contribution >= 0.6 is 15.9 Å². The molecule has 0 spiro atoms. The molecule has 0 aromatic heterocycles. The van der Waals surface area contributed by atoms with E-state index in [1.54, 1.807) is 0 Å². The van der Waals surface area contributed by atoms with E-state index in [2.05, 4.69) is 29.8 Å². The highest BCUT2D eigenvalue weighted by Gasteiger charge is 2.59. The van der Waals surface area contributed by atoms with Gasteiger partial charge >= 0.3 is 0 Å². The van der Waals surface area contributed by atoms with Gasteiger partial charge in [0.15, 0.2) is 5.78 Å². The third-order valence-corrected chi connectivity index (χ3v) is 8.33. The minimum absolute atomic E-state index is 0.00373. The fourth-order valence-corrected chi connectivity index (χ4v) is 6.98. The zero-order valence-electron chi connectivity index (χ0n) is 14.5. The van der Waals surface area contributed by atoms with Crippen molar-refractivity contribution in [3.8, 4) is 0 Å². The van der Waals surface area contributed by atoms with Crippen LogP contribution in [0.1, 0.15) is 52.4 Å². The first kappa shape index (κ1) is 18.4. The summed E-state index contributed by atoms with van der Waals surface area (Å²) < 4.78 is 0. The Morgan fingerprint density at radius 2 is 2.00 bits per heavy atom. The molecule has 3 fully saturated rings. The van der Waals surface area contributed by atoms with Crippen molar-refractivity contribution < 1.29 is 20.1 Å². The smallest absolute Gasteiger partial charge is 0.152 e. The molecule has 3 aliphatic rings. The lowest BCUT2D eigenvalue weighted by Gasteiger charge is -2.53. The molecule has 0 aromatic carbocycles. The van der Waals surface area contributed by atoms with Gasteiger partial charge in [-0.15, -0.1) is 0 Å². The van der Waals surface area contributed by atoms with Gasteiger partial charge in [-0.1, -0.05) is 29.8 Å². The summed E-state index contributed by atoms with van der Waals surface area (Å²) in [6.07, 6.45) is 5.05. The zero-order chi connectivity index (χ0) is 17.7. The molecule has 0 radical (unpaired) electrons. The predicted molar refractivity (Wildman–Crippen MR) is 95.9 cm³/mol. The zero-order valence-corrected chi connectivity index (χ0v) is 16.1. The fraction of sp³-hybridized carbons (Fsp3) is 0.842. The summed E-state index contributed by atoms with van der Waals surface area (Å²) >= 11 is 3.55. The summed E-state index contributed by atoms with van der Waals surface area (Å²) in [5.74, 6) is 1.17. The van der Waals surface area contributed by atoms with Crippen LogP contribution < -0.4 is 0 Å². The molecule has 0 aromatic rings. The van der Waals surface area contributed by atoms with Crippen molar-refractivity contribution in [2.45, 2.75) is 63.3 Å². The van der Waals surface area contributed by atoms with Gasteiger partial charge in [0.2, 0.25) is 0 Å². The highest BCUT2D eigenvalue weighted by Crippen LogP contribution is 2.61. The third-order valence-electron chi connectivity index (χ3n) is 7.54. The fourth-order valence-electron chi connectivity index (χ4n) is 6.06. The molecule has 7 atom stereocenters. The van der Waals surface area contributed by atoms with E-state index in [0.717, 1.165) is 31.1 Å². The largest absolute Gasteiger partial charge is 0.516 e. The quantitative estimate of drug-likeness (QED) is 0.490. The van der Waals surface area contributed by atoms with Crippen LogP contribution in [0.2, 0.25) is 0 Å². The van der Waals surface area contributed by atoms with E-state index in [0.29, 0.717) is 36.9 Å². The van der Waals surface area contributed by atoms with Gasteiger partial charge in [-0.2, -0.15) is 0 Å². The molecule has 136 valence electrons. The van der Waals surface area contributed by atoms with E-state index in [1.165, 1.54) is 0 Å². The van der Waals surface area contributed by atoms with Crippen LogP contribution in [0.3, 0.4) is 0 Å². The Morgan fingerprint density at radius 3 is 2.62 bits per heavy atom. The molecular formula is C19H29BrO4. The molecule has 3 N–H and O–H groups in total. The summed E-state index contributed by atoms with van der Waals surface area (Å²) in [6.45, 7) is 4.31. The number of ketones is 1. The number of fused-ring (bicyclic) bond motifs is 1. The van der Waals surface area contributed by atoms with Gasteiger partial charge in [0.05, 0.1) is 23.8 Å². The Labute approximate surface area is 152 Å². The first-order valence-electron chi connectivity index (χ1n) is 9.11. The minimum atomic E-state index is -0.456. The summed E-state index contributed by atoms with van der Waals surface area (Å²) in [4.78, 5) is 12.6. The summed E-state index contributed by atoms with van der Waals surface area (Å²) in [5.41, 5.74) is 0.0594. The monoisotopic (exact) mass is 400 g/mol. The predicted octanol–water partition coefficient (Wildman–Crippen LogP) is 3.36. The molecule has 3 saturated carbocycles. The molecule has 3 unspecified atom stereocenters. The van der Waals surface area contributed by atoms with Crippen molar-refractivity contribution in [3.05, 3.63) is 11.8 Å². The lowest BCUT2D eigenvalue weighted by molar-refractivity contribution is -0.131. The number of Topliss-reactive ketones (excluding diaryl/α,β-unsaturated/α-hetero) is 1. The normalized spacial score (nSPS) is 51.0. The Balaban J connectivity index is 1.93. The minimum Gasteiger partial charge on any atom is -0.516 e. The summed E-state index contributed by atoms with van der Waals surface area (Å²) in [7, 11) is 0. The summed E-state index contributed by atoms with van der Waals surface area (Å²) in [5, 5.41) is 30.0. The van der Waals surface area contributed by atoms with E-state index in [-0.39, 0.29) is 22.8 Å². The molecular weight excluding hydrogens is 372 g/mol. The molecule has 24 heavy (non-hydrogen) atoms. The lowest BCUT2D eigenvalue weighted by atomic mass is 9.51. The van der Waals surface area contributed by atoms with E-state index >= 15 is 0 Å². The second kappa shape index (κ2) is 6.40. The van der Waals surface area contributed by atoms with Gasteiger partial charge in [-0.05, 0) is 61.9 Å². The van der Waals surface area contributed by atoms with Crippen LogP contribution in [-0.4, -0.2) is 38.6 Å². The number of rotatable bonds is 2. The average molecular weight is 401 g/mol. The maximum absolute atomic E-state index is 12.6. The van der Waals surface area contributed by atoms with Crippen LogP contribution in [0, 0.1) is 28.6 Å². The number of carbonyl (C=O) groups excluding carboxylic acids is 1. The maximum atomic E-state index is 12.6. The van der Waals surface area contributed by atoms with Gasteiger partial charge < -0.3 is 15.3 Å². The average Bonchev–Trinajstić information content (AvgIpc) is 2.80. The highest BCUT2D eigenvalue weighted by atomic mass is 79.9. The molecule has 3 aliphatic carbocycles. The standard InChI is InChI=1S/C19H29BrO4/c1-11-14(4-5-18(2)15(11)8-16(20)17(18)24)19(10-22)6-3-13(23)7-12(19)9-21/h9,11,13-16,21-23H,3-8,10H2,1-2H3/b12-9-/t11?,13-,14?,15?,16+,18-,19+/m0/s1. The van der Waals surface area contributed by atoms with Gasteiger partial charge in [-0.3, -0.25) is 4.79 Å². The second-order valence-electron chi connectivity index (χ2n) is 8.46. The van der Waals surface area contributed by atoms with Crippen molar-refractivity contribution in [1.82, 2.24) is 0 Å². The Kier molecular flexibility index (Phi) is 4.91. The molecule has 4 nitrogen and oxygen atoms in total. The van der Waals surface area contributed by atoms with Crippen LogP contribution in [0.25, 0.3) is 0 Å². The molecule has 0 saturated heterocycles. The molecule has 0 bridgehead atoms. The number of aliphatic hydroxyl groups excluding tert-OH is 3. The van der Waals surface area contributed by atoms with Crippen LogP contribution in [0.15, 0.2) is 11.8 Å². The van der Waals surface area contributed by atoms with Gasteiger partial charge in [0.25, 0.3) is 0 Å². The Hall–Kier alpha value is -0.390. The van der Waals surface area contributed by atoms with Crippen molar-refractivity contribution in [2.75, 3.05) is 6.61 Å². The number of alkyl halides is 1. The molecule has 0 heterocycles. The second-order valence-corrected chi connectivity index (χ2v) is 9.57. The topological polar surface area (TPSA) is 77.8 Å². The highest BCUT2D eigenvalue weighted by molar-refractivity contribution is 9.10. The first-order chi connectivity index (χ1) is 11.3. The summed E-state index contributed by atoms with van der Waals surface area (Å²) in [6, 6.07) is 0. The molecule has 0 amide bonds. The van der Waals surface area contributed by atoms with E-state index in [4.69, 9.17) is 0 Å². The molecule has 0 aliphatic heterocycles. The van der Waals surface area contributed by atoms with Crippen molar-refractivity contribution in [1.29, 1.82) is 0 Å². The van der Waals surface area contributed by atoms with Crippen LogP contribution in [0.5, 0.6) is 0 Å². The van der Waals surface area contributed by atoms with Crippen molar-refractivity contribution >= 4 is 21.7 Å². The number of aliphatic hydroxyl groups is 3.